The molecule has 0 aliphatic heterocycles. The first-order valence-corrected chi connectivity index (χ1v) is 8.52. The fraction of sp³-hybridized carbons (Fsp3) is 0.737. The molecule has 136 valence electrons. The first-order valence-electron chi connectivity index (χ1n) is 8.52. The molecule has 0 unspecified atom stereocenters. The van der Waals surface area contributed by atoms with Crippen molar-refractivity contribution in [2.24, 2.45) is 0 Å². The van der Waals surface area contributed by atoms with E-state index in [2.05, 4.69) is 13.2 Å². The van der Waals surface area contributed by atoms with Crippen molar-refractivity contribution in [2.45, 2.75) is 73.8 Å². The third-order valence-electron chi connectivity index (χ3n) is 2.39. The van der Waals surface area contributed by atoms with Gasteiger partial charge in [-0.3, -0.25) is 9.69 Å². The lowest BCUT2D eigenvalue weighted by Crippen LogP contribution is -2.51. The fourth-order valence-corrected chi connectivity index (χ4v) is 1.47. The SMILES string of the molecule is C=CCC(CC=C)(C(=O)OC)N(C)C.CC.CC.CC.CC. The van der Waals surface area contributed by atoms with Crippen LogP contribution >= 0.6 is 0 Å². The molecule has 0 aliphatic rings. The standard InChI is InChI=1S/C11H19NO2.4C2H6/c1-6-8-11(9-7-2,12(3)4)10(13)14-5;4*1-2/h6-7H,1-2,8-9H2,3-5H3;4*1-2H3. The zero-order valence-corrected chi connectivity index (χ0v) is 17.2. The van der Waals surface area contributed by atoms with E-state index in [9.17, 15) is 4.79 Å². The van der Waals surface area contributed by atoms with Gasteiger partial charge in [-0.05, 0) is 26.9 Å². The second kappa shape index (κ2) is 28.1. The lowest BCUT2D eigenvalue weighted by molar-refractivity contribution is -0.153. The van der Waals surface area contributed by atoms with Crippen molar-refractivity contribution in [3.63, 3.8) is 0 Å². The molecular weight excluding hydrogens is 274 g/mol. The quantitative estimate of drug-likeness (QED) is 0.463. The highest BCUT2D eigenvalue weighted by Crippen LogP contribution is 2.24. The summed E-state index contributed by atoms with van der Waals surface area (Å²) in [6, 6.07) is 0. The number of nitrogens with zero attached hydrogens (tertiary/aromatic N) is 1. The average molecular weight is 318 g/mol. The van der Waals surface area contributed by atoms with Crippen LogP contribution in [-0.4, -0.2) is 37.6 Å². The summed E-state index contributed by atoms with van der Waals surface area (Å²) in [6.45, 7) is 23.3. The molecule has 0 spiro atoms. The molecule has 0 aliphatic carbocycles. The van der Waals surface area contributed by atoms with Crippen LogP contribution in [0.25, 0.3) is 0 Å². The maximum atomic E-state index is 11.7. The summed E-state index contributed by atoms with van der Waals surface area (Å²) < 4.78 is 4.81. The molecule has 3 nitrogen and oxygen atoms in total. The Labute approximate surface area is 141 Å². The number of methoxy groups -OCH3 is 1. The van der Waals surface area contributed by atoms with E-state index in [1.165, 1.54) is 7.11 Å². The summed E-state index contributed by atoms with van der Waals surface area (Å²) in [5.41, 5.74) is -0.655. The van der Waals surface area contributed by atoms with Gasteiger partial charge in [0.25, 0.3) is 0 Å². The number of carbonyl (C=O) groups is 1. The topological polar surface area (TPSA) is 29.5 Å². The molecule has 0 bridgehead atoms. The summed E-state index contributed by atoms with van der Waals surface area (Å²) in [5.74, 6) is -0.248. The maximum absolute atomic E-state index is 11.7. The monoisotopic (exact) mass is 317 g/mol. The van der Waals surface area contributed by atoms with Crippen LogP contribution in [-0.2, 0) is 9.53 Å². The lowest BCUT2D eigenvalue weighted by Gasteiger charge is -2.35. The smallest absolute Gasteiger partial charge is 0.326 e. The van der Waals surface area contributed by atoms with Gasteiger partial charge in [0.2, 0.25) is 0 Å². The van der Waals surface area contributed by atoms with Gasteiger partial charge in [-0.2, -0.15) is 0 Å². The molecule has 0 heterocycles. The molecule has 0 aromatic carbocycles. The number of hydrogen-bond acceptors (Lipinski definition) is 3. The Morgan fingerprint density at radius 3 is 1.32 bits per heavy atom. The Hall–Kier alpha value is -1.09. The molecule has 0 atom stereocenters. The summed E-state index contributed by atoms with van der Waals surface area (Å²) in [4.78, 5) is 13.5. The van der Waals surface area contributed by atoms with Crippen molar-refractivity contribution in [2.75, 3.05) is 21.2 Å². The number of ether oxygens (including phenoxy) is 1. The summed E-state index contributed by atoms with van der Waals surface area (Å²) in [7, 11) is 5.10. The van der Waals surface area contributed by atoms with E-state index in [-0.39, 0.29) is 5.97 Å². The van der Waals surface area contributed by atoms with Crippen LogP contribution in [0, 0.1) is 0 Å². The number of carbonyl (C=O) groups excluding carboxylic acids is 1. The molecular formula is C19H43NO2. The van der Waals surface area contributed by atoms with Gasteiger partial charge in [-0.25, -0.2) is 0 Å². The molecule has 0 N–H and O–H groups in total. The molecule has 0 fully saturated rings. The minimum Gasteiger partial charge on any atom is -0.468 e. The number of likely N-dealkylation sites (N-methyl/N-ethyl adjacent to an activating group) is 1. The summed E-state index contributed by atoms with van der Waals surface area (Å²) >= 11 is 0. The second-order valence-corrected chi connectivity index (χ2v) is 3.40. The van der Waals surface area contributed by atoms with Crippen molar-refractivity contribution in [3.05, 3.63) is 25.3 Å². The average Bonchev–Trinajstić information content (AvgIpc) is 2.60. The van der Waals surface area contributed by atoms with Gasteiger partial charge in [0.15, 0.2) is 0 Å². The molecule has 0 saturated carbocycles. The first kappa shape index (κ1) is 32.7. The van der Waals surface area contributed by atoms with Gasteiger partial charge in [0, 0.05) is 0 Å². The molecule has 0 aromatic rings. The minimum atomic E-state index is -0.655. The van der Waals surface area contributed by atoms with E-state index in [1.54, 1.807) is 12.2 Å². The van der Waals surface area contributed by atoms with E-state index in [0.717, 1.165) is 0 Å². The lowest BCUT2D eigenvalue weighted by atomic mass is 9.90. The largest absolute Gasteiger partial charge is 0.468 e. The predicted molar refractivity (Wildman–Crippen MR) is 103 cm³/mol. The van der Waals surface area contributed by atoms with Crippen LogP contribution < -0.4 is 0 Å². The summed E-state index contributed by atoms with van der Waals surface area (Å²) in [5, 5.41) is 0. The van der Waals surface area contributed by atoms with Crippen LogP contribution in [0.2, 0.25) is 0 Å². The van der Waals surface area contributed by atoms with Crippen LogP contribution in [0.4, 0.5) is 0 Å². The molecule has 0 rings (SSSR count). The number of esters is 1. The highest BCUT2D eigenvalue weighted by atomic mass is 16.5. The molecule has 0 aromatic heterocycles. The van der Waals surface area contributed by atoms with Crippen LogP contribution in [0.3, 0.4) is 0 Å². The Bertz CT molecular complexity index is 213. The van der Waals surface area contributed by atoms with Gasteiger partial charge < -0.3 is 4.74 Å². The van der Waals surface area contributed by atoms with E-state index < -0.39 is 5.54 Å². The van der Waals surface area contributed by atoms with Crippen molar-refractivity contribution in [1.82, 2.24) is 4.90 Å². The van der Waals surface area contributed by atoms with E-state index in [4.69, 9.17) is 4.74 Å². The third-order valence-corrected chi connectivity index (χ3v) is 2.39. The zero-order valence-electron chi connectivity index (χ0n) is 17.2. The Morgan fingerprint density at radius 2 is 1.18 bits per heavy atom. The Balaban J connectivity index is -0.000000103. The molecule has 22 heavy (non-hydrogen) atoms. The fourth-order valence-electron chi connectivity index (χ4n) is 1.47. The highest BCUT2D eigenvalue weighted by molar-refractivity contribution is 5.81. The maximum Gasteiger partial charge on any atom is 0.326 e. The predicted octanol–water partition coefficient (Wildman–Crippen LogP) is 5.72. The Morgan fingerprint density at radius 1 is 0.909 bits per heavy atom. The second-order valence-electron chi connectivity index (χ2n) is 3.40. The molecule has 0 amide bonds. The van der Waals surface area contributed by atoms with Gasteiger partial charge in [0.1, 0.15) is 5.54 Å². The van der Waals surface area contributed by atoms with Crippen molar-refractivity contribution >= 4 is 5.97 Å². The van der Waals surface area contributed by atoms with Crippen molar-refractivity contribution in [1.29, 1.82) is 0 Å². The van der Waals surface area contributed by atoms with Gasteiger partial charge in [-0.15, -0.1) is 13.2 Å². The molecule has 0 saturated heterocycles. The normalized spacial score (nSPS) is 8.18. The summed E-state index contributed by atoms with van der Waals surface area (Å²) in [6.07, 6.45) is 4.55. The van der Waals surface area contributed by atoms with E-state index >= 15 is 0 Å². The van der Waals surface area contributed by atoms with Crippen molar-refractivity contribution in [3.8, 4) is 0 Å². The minimum absolute atomic E-state index is 0.248. The van der Waals surface area contributed by atoms with Gasteiger partial charge >= 0.3 is 5.97 Å². The van der Waals surface area contributed by atoms with E-state index in [1.807, 2.05) is 74.4 Å². The van der Waals surface area contributed by atoms with Crippen LogP contribution in [0.15, 0.2) is 25.3 Å². The van der Waals surface area contributed by atoms with Crippen molar-refractivity contribution < 1.29 is 9.53 Å². The van der Waals surface area contributed by atoms with Crippen LogP contribution in [0.1, 0.15) is 68.2 Å². The van der Waals surface area contributed by atoms with Gasteiger partial charge in [-0.1, -0.05) is 67.5 Å². The Kier molecular flexibility index (Phi) is 41.9. The first-order chi connectivity index (χ1) is 10.5. The molecule has 3 heteroatoms. The number of hydrogen-bond donors (Lipinski definition) is 0. The number of rotatable bonds is 6. The van der Waals surface area contributed by atoms with Crippen LogP contribution in [0.5, 0.6) is 0 Å². The molecule has 0 radical (unpaired) electrons. The van der Waals surface area contributed by atoms with E-state index in [0.29, 0.717) is 12.8 Å². The third kappa shape index (κ3) is 13.9. The zero-order chi connectivity index (χ0) is 19.2. The highest BCUT2D eigenvalue weighted by Gasteiger charge is 2.39. The van der Waals surface area contributed by atoms with Gasteiger partial charge in [0.05, 0.1) is 7.11 Å².